The first kappa shape index (κ1) is 5.65. The van der Waals surface area contributed by atoms with Gasteiger partial charge >= 0.3 is 0 Å². The fourth-order valence-corrected chi connectivity index (χ4v) is 1.49. The second-order valence-corrected chi connectivity index (χ2v) is 2.63. The fourth-order valence-electron chi connectivity index (χ4n) is 1.49. The van der Waals surface area contributed by atoms with Gasteiger partial charge in [-0.25, -0.2) is 0 Å². The molecule has 2 rings (SSSR count). The molecular weight excluding hydrogens is 116 g/mol. The summed E-state index contributed by atoms with van der Waals surface area (Å²) in [4.78, 5) is 0. The second-order valence-electron chi connectivity index (χ2n) is 2.63. The van der Waals surface area contributed by atoms with Crippen molar-refractivity contribution in [2.45, 2.75) is 12.1 Å². The minimum atomic E-state index is 0.443. The van der Waals surface area contributed by atoms with E-state index in [2.05, 4.69) is 10.6 Å². The van der Waals surface area contributed by atoms with E-state index in [0.717, 1.165) is 26.2 Å². The van der Waals surface area contributed by atoms with Crippen molar-refractivity contribution in [3.63, 3.8) is 0 Å². The highest BCUT2D eigenvalue weighted by Gasteiger charge is 2.29. The Balaban J connectivity index is 1.97. The standard InChI is InChI=1S/C6H12N2O/c1-2-9-6-4-7-3-5(6)8-1/h5-8H,1-4H2/t5-,6+/m1/s1. The van der Waals surface area contributed by atoms with Crippen molar-refractivity contribution in [3.8, 4) is 0 Å². The predicted octanol–water partition coefficient (Wildman–Crippen LogP) is -1.05. The Morgan fingerprint density at radius 1 is 1.33 bits per heavy atom. The number of hydrogen-bond donors (Lipinski definition) is 2. The molecule has 0 unspecified atom stereocenters. The molecule has 0 bridgehead atoms. The molecule has 0 saturated carbocycles. The molecule has 2 atom stereocenters. The molecule has 0 radical (unpaired) electrons. The Bertz CT molecular complexity index is 95.2. The predicted molar refractivity (Wildman–Crippen MR) is 34.4 cm³/mol. The quantitative estimate of drug-likeness (QED) is 0.436. The molecule has 52 valence electrons. The van der Waals surface area contributed by atoms with Crippen LogP contribution in [0.15, 0.2) is 0 Å². The van der Waals surface area contributed by atoms with Gasteiger partial charge in [-0.05, 0) is 0 Å². The third-order valence-electron chi connectivity index (χ3n) is 2.00. The summed E-state index contributed by atoms with van der Waals surface area (Å²) >= 11 is 0. The summed E-state index contributed by atoms with van der Waals surface area (Å²) in [6.07, 6.45) is 0.443. The third-order valence-corrected chi connectivity index (χ3v) is 2.00. The summed E-state index contributed by atoms with van der Waals surface area (Å²) < 4.78 is 5.48. The topological polar surface area (TPSA) is 33.3 Å². The zero-order valence-electron chi connectivity index (χ0n) is 5.39. The maximum atomic E-state index is 5.48. The molecule has 0 aliphatic carbocycles. The number of ether oxygens (including phenoxy) is 1. The Labute approximate surface area is 54.8 Å². The number of hydrogen-bond acceptors (Lipinski definition) is 3. The molecule has 2 aliphatic rings. The maximum Gasteiger partial charge on any atom is 0.0865 e. The van der Waals surface area contributed by atoms with Crippen LogP contribution in [0.2, 0.25) is 0 Å². The van der Waals surface area contributed by atoms with Crippen LogP contribution in [0.5, 0.6) is 0 Å². The average molecular weight is 128 g/mol. The summed E-state index contributed by atoms with van der Waals surface area (Å²) in [7, 11) is 0. The van der Waals surface area contributed by atoms with Crippen LogP contribution >= 0.6 is 0 Å². The lowest BCUT2D eigenvalue weighted by Gasteiger charge is -2.25. The van der Waals surface area contributed by atoms with Crippen molar-refractivity contribution in [2.75, 3.05) is 26.2 Å². The zero-order chi connectivity index (χ0) is 6.10. The van der Waals surface area contributed by atoms with E-state index >= 15 is 0 Å². The van der Waals surface area contributed by atoms with Crippen molar-refractivity contribution in [3.05, 3.63) is 0 Å². The summed E-state index contributed by atoms with van der Waals surface area (Å²) in [5.41, 5.74) is 0. The van der Waals surface area contributed by atoms with Gasteiger partial charge < -0.3 is 15.4 Å². The second kappa shape index (κ2) is 2.25. The summed E-state index contributed by atoms with van der Waals surface area (Å²) in [6, 6.07) is 0.582. The van der Waals surface area contributed by atoms with Gasteiger partial charge in [0.1, 0.15) is 0 Å². The van der Waals surface area contributed by atoms with Crippen molar-refractivity contribution in [1.82, 2.24) is 10.6 Å². The Morgan fingerprint density at radius 2 is 2.33 bits per heavy atom. The normalized spacial score (nSPS) is 42.7. The van der Waals surface area contributed by atoms with Crippen molar-refractivity contribution in [1.29, 1.82) is 0 Å². The highest BCUT2D eigenvalue weighted by molar-refractivity contribution is 4.89. The molecule has 0 aromatic rings. The largest absolute Gasteiger partial charge is 0.374 e. The molecule has 0 aromatic heterocycles. The van der Waals surface area contributed by atoms with Crippen LogP contribution in [0.25, 0.3) is 0 Å². The van der Waals surface area contributed by atoms with Crippen molar-refractivity contribution >= 4 is 0 Å². The third kappa shape index (κ3) is 0.956. The maximum absolute atomic E-state index is 5.48. The lowest BCUT2D eigenvalue weighted by Crippen LogP contribution is -2.47. The molecule has 0 spiro atoms. The van der Waals surface area contributed by atoms with Crippen LogP contribution in [0, 0.1) is 0 Å². The van der Waals surface area contributed by atoms with Gasteiger partial charge in [-0.15, -0.1) is 0 Å². The van der Waals surface area contributed by atoms with Gasteiger partial charge in [0, 0.05) is 25.7 Å². The Morgan fingerprint density at radius 3 is 3.22 bits per heavy atom. The molecular formula is C6H12N2O. The van der Waals surface area contributed by atoms with Crippen LogP contribution in [0.4, 0.5) is 0 Å². The lowest BCUT2D eigenvalue weighted by atomic mass is 10.2. The smallest absolute Gasteiger partial charge is 0.0865 e. The van der Waals surface area contributed by atoms with Gasteiger partial charge in [0.15, 0.2) is 0 Å². The molecule has 3 nitrogen and oxygen atoms in total. The minimum absolute atomic E-state index is 0.443. The van der Waals surface area contributed by atoms with Gasteiger partial charge in [0.05, 0.1) is 12.7 Å². The summed E-state index contributed by atoms with van der Waals surface area (Å²) in [5.74, 6) is 0. The molecule has 3 heteroatoms. The highest BCUT2D eigenvalue weighted by atomic mass is 16.5. The van der Waals surface area contributed by atoms with Crippen LogP contribution in [-0.2, 0) is 4.74 Å². The van der Waals surface area contributed by atoms with Gasteiger partial charge in [0.2, 0.25) is 0 Å². The number of morpholine rings is 1. The van der Waals surface area contributed by atoms with E-state index in [9.17, 15) is 0 Å². The lowest BCUT2D eigenvalue weighted by molar-refractivity contribution is 0.0207. The van der Waals surface area contributed by atoms with E-state index in [0.29, 0.717) is 12.1 Å². The molecule has 2 saturated heterocycles. The summed E-state index contributed by atoms with van der Waals surface area (Å²) in [6.45, 7) is 3.99. The fraction of sp³-hybridized carbons (Fsp3) is 1.00. The Kier molecular flexibility index (Phi) is 1.41. The van der Waals surface area contributed by atoms with Crippen LogP contribution in [0.1, 0.15) is 0 Å². The highest BCUT2D eigenvalue weighted by Crippen LogP contribution is 2.07. The van der Waals surface area contributed by atoms with E-state index in [-0.39, 0.29) is 0 Å². The summed E-state index contributed by atoms with van der Waals surface area (Å²) in [5, 5.41) is 6.67. The molecule has 0 amide bonds. The Hall–Kier alpha value is -0.120. The molecule has 2 N–H and O–H groups in total. The first-order valence-corrected chi connectivity index (χ1v) is 3.52. The van der Waals surface area contributed by atoms with Gasteiger partial charge in [0.25, 0.3) is 0 Å². The number of rotatable bonds is 0. The van der Waals surface area contributed by atoms with E-state index < -0.39 is 0 Å². The minimum Gasteiger partial charge on any atom is -0.374 e. The average Bonchev–Trinajstić information content (AvgIpc) is 2.33. The zero-order valence-corrected chi connectivity index (χ0v) is 5.39. The van der Waals surface area contributed by atoms with E-state index in [1.165, 1.54) is 0 Å². The van der Waals surface area contributed by atoms with Gasteiger partial charge in [-0.1, -0.05) is 0 Å². The van der Waals surface area contributed by atoms with Crippen LogP contribution in [0.3, 0.4) is 0 Å². The van der Waals surface area contributed by atoms with Gasteiger partial charge in [-0.2, -0.15) is 0 Å². The molecule has 0 aromatic carbocycles. The molecule has 2 aliphatic heterocycles. The first-order valence-electron chi connectivity index (χ1n) is 3.52. The molecule has 2 heterocycles. The van der Waals surface area contributed by atoms with E-state index in [4.69, 9.17) is 4.74 Å². The van der Waals surface area contributed by atoms with E-state index in [1.54, 1.807) is 0 Å². The SMILES string of the molecule is C1CO[C@H]2CNC[C@H]2N1. The first-order chi connectivity index (χ1) is 4.47. The van der Waals surface area contributed by atoms with Gasteiger partial charge in [-0.3, -0.25) is 0 Å². The monoisotopic (exact) mass is 128 g/mol. The van der Waals surface area contributed by atoms with Crippen molar-refractivity contribution in [2.24, 2.45) is 0 Å². The number of nitrogens with one attached hydrogen (secondary N) is 2. The van der Waals surface area contributed by atoms with Crippen LogP contribution in [-0.4, -0.2) is 38.4 Å². The number of fused-ring (bicyclic) bond motifs is 1. The van der Waals surface area contributed by atoms with E-state index in [1.807, 2.05) is 0 Å². The van der Waals surface area contributed by atoms with Crippen molar-refractivity contribution < 1.29 is 4.74 Å². The molecule has 9 heavy (non-hydrogen) atoms. The molecule has 2 fully saturated rings. The van der Waals surface area contributed by atoms with Crippen LogP contribution < -0.4 is 10.6 Å².